The van der Waals surface area contributed by atoms with Gasteiger partial charge in [-0.25, -0.2) is 0 Å². The summed E-state index contributed by atoms with van der Waals surface area (Å²) < 4.78 is 0. The molecule has 0 aliphatic heterocycles. The molecule has 1 aromatic rings. The lowest BCUT2D eigenvalue weighted by Crippen LogP contribution is -1.94. The van der Waals surface area contributed by atoms with Crippen molar-refractivity contribution in [2.24, 2.45) is 5.18 Å². The van der Waals surface area contributed by atoms with Gasteiger partial charge in [-0.2, -0.15) is 0 Å². The lowest BCUT2D eigenvalue weighted by molar-refractivity contribution is 0.100. The summed E-state index contributed by atoms with van der Waals surface area (Å²) in [5.41, 5.74) is 0.0270. The lowest BCUT2D eigenvalue weighted by atomic mass is 10.2. The van der Waals surface area contributed by atoms with Gasteiger partial charge in [0, 0.05) is 5.18 Å². The molecule has 0 bridgehead atoms. The minimum absolute atomic E-state index is 0.0270. The number of carbonyl (C=O) groups is 1. The zero-order valence-electron chi connectivity index (χ0n) is 5.75. The zero-order chi connectivity index (χ0) is 9.14. The molecule has 0 N–H and O–H groups in total. The van der Waals surface area contributed by atoms with E-state index in [4.69, 9.17) is 23.2 Å². The van der Waals surface area contributed by atoms with Crippen LogP contribution in [0.15, 0.2) is 23.4 Å². The molecule has 0 aliphatic rings. The first kappa shape index (κ1) is 9.16. The van der Waals surface area contributed by atoms with Gasteiger partial charge in [-0.1, -0.05) is 29.3 Å². The SMILES string of the molecule is O=NC(=O)c1cccc(Cl)c1Cl. The highest BCUT2D eigenvalue weighted by Crippen LogP contribution is 2.25. The van der Waals surface area contributed by atoms with E-state index < -0.39 is 5.91 Å². The summed E-state index contributed by atoms with van der Waals surface area (Å²) in [7, 11) is 0. The Morgan fingerprint density at radius 2 is 2.00 bits per heavy atom. The standard InChI is InChI=1S/C7H3Cl2NO2/c8-5-3-1-2-4(6(5)9)7(11)10-12/h1-3H. The van der Waals surface area contributed by atoms with Crippen LogP contribution in [0.2, 0.25) is 10.0 Å². The van der Waals surface area contributed by atoms with Gasteiger partial charge in [0.1, 0.15) is 0 Å². The van der Waals surface area contributed by atoms with Gasteiger partial charge in [0.25, 0.3) is 0 Å². The van der Waals surface area contributed by atoms with Crippen LogP contribution in [0.5, 0.6) is 0 Å². The van der Waals surface area contributed by atoms with Crippen molar-refractivity contribution in [3.8, 4) is 0 Å². The van der Waals surface area contributed by atoms with Crippen molar-refractivity contribution in [2.45, 2.75) is 0 Å². The maximum Gasteiger partial charge on any atom is 0.318 e. The van der Waals surface area contributed by atoms with Crippen molar-refractivity contribution in [3.63, 3.8) is 0 Å². The average molecular weight is 204 g/mol. The molecule has 0 radical (unpaired) electrons. The maximum absolute atomic E-state index is 10.8. The second kappa shape index (κ2) is 3.65. The zero-order valence-corrected chi connectivity index (χ0v) is 7.26. The van der Waals surface area contributed by atoms with E-state index in [1.165, 1.54) is 18.2 Å². The maximum atomic E-state index is 10.8. The Morgan fingerprint density at radius 1 is 1.33 bits per heavy atom. The lowest BCUT2D eigenvalue weighted by Gasteiger charge is -1.98. The molecule has 0 spiro atoms. The summed E-state index contributed by atoms with van der Waals surface area (Å²) >= 11 is 11.2. The van der Waals surface area contributed by atoms with E-state index in [1.807, 2.05) is 0 Å². The minimum Gasteiger partial charge on any atom is -0.263 e. The van der Waals surface area contributed by atoms with Gasteiger partial charge in [0.2, 0.25) is 0 Å². The van der Waals surface area contributed by atoms with Gasteiger partial charge >= 0.3 is 5.91 Å². The van der Waals surface area contributed by atoms with Crippen LogP contribution >= 0.6 is 23.2 Å². The summed E-state index contributed by atoms with van der Waals surface area (Å²) in [5.74, 6) is -0.914. The van der Waals surface area contributed by atoms with Crippen molar-refractivity contribution in [2.75, 3.05) is 0 Å². The highest BCUT2D eigenvalue weighted by molar-refractivity contribution is 6.43. The first-order chi connectivity index (χ1) is 5.66. The topological polar surface area (TPSA) is 46.5 Å². The largest absolute Gasteiger partial charge is 0.318 e. The summed E-state index contributed by atoms with van der Waals surface area (Å²) in [6, 6.07) is 4.43. The van der Waals surface area contributed by atoms with Crippen LogP contribution in [-0.4, -0.2) is 5.91 Å². The number of hydrogen-bond acceptors (Lipinski definition) is 2. The molecule has 0 atom stereocenters. The number of halogens is 2. The van der Waals surface area contributed by atoms with Crippen molar-refractivity contribution >= 4 is 29.1 Å². The smallest absolute Gasteiger partial charge is 0.263 e. The highest BCUT2D eigenvalue weighted by atomic mass is 35.5. The van der Waals surface area contributed by atoms with Crippen molar-refractivity contribution < 1.29 is 4.79 Å². The second-order valence-electron chi connectivity index (χ2n) is 2.00. The number of amides is 1. The Bertz CT molecular complexity index is 338. The number of nitroso groups, excluding NO2 is 1. The molecule has 0 aliphatic carbocycles. The fraction of sp³-hybridized carbons (Fsp3) is 0. The molecule has 0 saturated carbocycles. The quantitative estimate of drug-likeness (QED) is 0.660. The van der Waals surface area contributed by atoms with E-state index in [0.29, 0.717) is 0 Å². The van der Waals surface area contributed by atoms with Crippen LogP contribution in [0.25, 0.3) is 0 Å². The normalized spacial score (nSPS) is 9.50. The van der Waals surface area contributed by atoms with Gasteiger partial charge in [0.05, 0.1) is 15.6 Å². The van der Waals surface area contributed by atoms with Crippen LogP contribution in [0.4, 0.5) is 0 Å². The van der Waals surface area contributed by atoms with Crippen LogP contribution in [0.3, 0.4) is 0 Å². The molecular weight excluding hydrogens is 201 g/mol. The van der Waals surface area contributed by atoms with Gasteiger partial charge in [-0.05, 0) is 12.1 Å². The summed E-state index contributed by atoms with van der Waals surface area (Å²) in [5, 5.41) is 2.52. The Morgan fingerprint density at radius 3 is 2.58 bits per heavy atom. The molecule has 0 unspecified atom stereocenters. The molecule has 0 saturated heterocycles. The predicted molar refractivity (Wildman–Crippen MR) is 46.6 cm³/mol. The summed E-state index contributed by atoms with van der Waals surface area (Å²) in [4.78, 5) is 20.6. The molecule has 12 heavy (non-hydrogen) atoms. The molecule has 1 aromatic carbocycles. The molecule has 0 heterocycles. The second-order valence-corrected chi connectivity index (χ2v) is 2.78. The van der Waals surface area contributed by atoms with Gasteiger partial charge < -0.3 is 0 Å². The number of rotatable bonds is 1. The number of carbonyl (C=O) groups excluding carboxylic acids is 1. The Hall–Kier alpha value is -0.930. The monoisotopic (exact) mass is 203 g/mol. The third-order valence-electron chi connectivity index (χ3n) is 1.26. The van der Waals surface area contributed by atoms with E-state index in [9.17, 15) is 9.70 Å². The van der Waals surface area contributed by atoms with Gasteiger partial charge in [0.15, 0.2) is 0 Å². The number of nitrogens with zero attached hydrogens (tertiary/aromatic N) is 1. The number of hydrogen-bond donors (Lipinski definition) is 0. The van der Waals surface area contributed by atoms with E-state index in [-0.39, 0.29) is 15.6 Å². The van der Waals surface area contributed by atoms with E-state index >= 15 is 0 Å². The average Bonchev–Trinajstić information content (AvgIpc) is 2.08. The van der Waals surface area contributed by atoms with Crippen molar-refractivity contribution in [1.82, 2.24) is 0 Å². The highest BCUT2D eigenvalue weighted by Gasteiger charge is 2.11. The molecule has 1 amide bonds. The van der Waals surface area contributed by atoms with Crippen LogP contribution in [0.1, 0.15) is 10.4 Å². The number of benzene rings is 1. The molecule has 3 nitrogen and oxygen atoms in total. The third kappa shape index (κ3) is 1.62. The molecule has 5 heteroatoms. The minimum atomic E-state index is -0.914. The van der Waals surface area contributed by atoms with Crippen molar-refractivity contribution in [3.05, 3.63) is 38.7 Å². The third-order valence-corrected chi connectivity index (χ3v) is 2.08. The van der Waals surface area contributed by atoms with Gasteiger partial charge in [-0.15, -0.1) is 4.91 Å². The van der Waals surface area contributed by atoms with Crippen LogP contribution in [0, 0.1) is 4.91 Å². The summed E-state index contributed by atoms with van der Waals surface area (Å²) in [6.07, 6.45) is 0. The Labute approximate surface area is 78.3 Å². The Balaban J connectivity index is 3.25. The molecule has 62 valence electrons. The molecular formula is C7H3Cl2NO2. The molecule has 1 rings (SSSR count). The van der Waals surface area contributed by atoms with E-state index in [0.717, 1.165) is 0 Å². The first-order valence-corrected chi connectivity index (χ1v) is 3.74. The van der Waals surface area contributed by atoms with E-state index in [2.05, 4.69) is 5.18 Å². The fourth-order valence-corrected chi connectivity index (χ4v) is 1.10. The predicted octanol–water partition coefficient (Wildman–Crippen LogP) is 2.90. The summed E-state index contributed by atoms with van der Waals surface area (Å²) in [6.45, 7) is 0. The van der Waals surface area contributed by atoms with Crippen molar-refractivity contribution in [1.29, 1.82) is 0 Å². The first-order valence-electron chi connectivity index (χ1n) is 2.98. The Kier molecular flexibility index (Phi) is 2.78. The fourth-order valence-electron chi connectivity index (χ4n) is 0.718. The molecule has 0 aromatic heterocycles. The van der Waals surface area contributed by atoms with E-state index in [1.54, 1.807) is 0 Å². The van der Waals surface area contributed by atoms with Crippen LogP contribution in [-0.2, 0) is 0 Å². The van der Waals surface area contributed by atoms with Gasteiger partial charge in [-0.3, -0.25) is 4.79 Å². The molecule has 0 fully saturated rings. The van der Waals surface area contributed by atoms with Crippen LogP contribution < -0.4 is 0 Å².